The van der Waals surface area contributed by atoms with Gasteiger partial charge in [-0.05, 0) is 25.1 Å². The first kappa shape index (κ1) is 13.4. The fourth-order valence-corrected chi connectivity index (χ4v) is 2.74. The minimum Gasteiger partial charge on any atom is -0.377 e. The zero-order valence-electron chi connectivity index (χ0n) is 11.0. The Kier molecular flexibility index (Phi) is 3.40. The third kappa shape index (κ3) is 2.17. The molecule has 2 heterocycles. The standard InChI is InChI=1S/C14H14ClFN2O2/c1-8-7-20-5-4-18(8)14(19)13-12(15)10-6-9(16)2-3-11(10)17-13/h2-3,6,8,17H,4-5,7H2,1H3/t8-/m0/s1. The third-order valence-corrected chi connectivity index (χ3v) is 3.93. The monoisotopic (exact) mass is 296 g/mol. The number of fused-ring (bicyclic) bond motifs is 1. The van der Waals surface area contributed by atoms with E-state index in [1.807, 2.05) is 6.92 Å². The summed E-state index contributed by atoms with van der Waals surface area (Å²) in [5.41, 5.74) is 0.960. The van der Waals surface area contributed by atoms with Crippen LogP contribution in [0.4, 0.5) is 4.39 Å². The van der Waals surface area contributed by atoms with E-state index in [0.717, 1.165) is 0 Å². The van der Waals surface area contributed by atoms with Crippen LogP contribution in [-0.4, -0.2) is 41.6 Å². The van der Waals surface area contributed by atoms with Crippen molar-refractivity contribution < 1.29 is 13.9 Å². The van der Waals surface area contributed by atoms with Gasteiger partial charge in [0, 0.05) is 17.4 Å². The van der Waals surface area contributed by atoms with Gasteiger partial charge in [-0.1, -0.05) is 11.6 Å². The molecule has 3 rings (SSSR count). The van der Waals surface area contributed by atoms with E-state index >= 15 is 0 Å². The molecule has 0 aliphatic carbocycles. The van der Waals surface area contributed by atoms with Gasteiger partial charge in [-0.25, -0.2) is 4.39 Å². The summed E-state index contributed by atoms with van der Waals surface area (Å²) >= 11 is 6.21. The van der Waals surface area contributed by atoms with Crippen molar-refractivity contribution in [3.8, 4) is 0 Å². The zero-order chi connectivity index (χ0) is 14.3. The molecule has 1 aliphatic heterocycles. The van der Waals surface area contributed by atoms with Crippen molar-refractivity contribution in [2.24, 2.45) is 0 Å². The van der Waals surface area contributed by atoms with E-state index in [0.29, 0.717) is 36.4 Å². The van der Waals surface area contributed by atoms with Crippen molar-refractivity contribution in [3.63, 3.8) is 0 Å². The number of benzene rings is 1. The SMILES string of the molecule is C[C@H]1COCCN1C(=O)c1[nH]c2ccc(F)cc2c1Cl. The van der Waals surface area contributed by atoms with Gasteiger partial charge in [0.15, 0.2) is 0 Å². The van der Waals surface area contributed by atoms with Crippen LogP contribution in [0.15, 0.2) is 18.2 Å². The number of halogens is 2. The molecule has 0 bridgehead atoms. The topological polar surface area (TPSA) is 45.3 Å². The van der Waals surface area contributed by atoms with Crippen LogP contribution in [-0.2, 0) is 4.74 Å². The minimum atomic E-state index is -0.378. The number of rotatable bonds is 1. The summed E-state index contributed by atoms with van der Waals surface area (Å²) < 4.78 is 18.6. The predicted octanol–water partition coefficient (Wildman–Crippen LogP) is 2.82. The molecule has 1 saturated heterocycles. The summed E-state index contributed by atoms with van der Waals surface area (Å²) in [5.74, 6) is -0.556. The number of ether oxygens (including phenoxy) is 1. The number of nitrogens with zero attached hydrogens (tertiary/aromatic N) is 1. The second-order valence-corrected chi connectivity index (χ2v) is 5.30. The number of hydrogen-bond acceptors (Lipinski definition) is 2. The van der Waals surface area contributed by atoms with Crippen molar-refractivity contribution >= 4 is 28.4 Å². The highest BCUT2D eigenvalue weighted by Gasteiger charge is 2.28. The molecule has 6 heteroatoms. The lowest BCUT2D eigenvalue weighted by Gasteiger charge is -2.33. The van der Waals surface area contributed by atoms with Crippen molar-refractivity contribution in [1.29, 1.82) is 0 Å². The highest BCUT2D eigenvalue weighted by atomic mass is 35.5. The Morgan fingerprint density at radius 2 is 2.35 bits per heavy atom. The first-order chi connectivity index (χ1) is 9.58. The van der Waals surface area contributed by atoms with Crippen LogP contribution in [0, 0.1) is 5.82 Å². The van der Waals surface area contributed by atoms with Gasteiger partial charge in [0.25, 0.3) is 5.91 Å². The Hall–Kier alpha value is -1.59. The van der Waals surface area contributed by atoms with E-state index < -0.39 is 0 Å². The summed E-state index contributed by atoms with van der Waals surface area (Å²) in [4.78, 5) is 17.2. The first-order valence-corrected chi connectivity index (χ1v) is 6.81. The maximum atomic E-state index is 13.3. The van der Waals surface area contributed by atoms with Crippen LogP contribution < -0.4 is 0 Å². The van der Waals surface area contributed by atoms with E-state index in [9.17, 15) is 9.18 Å². The molecule has 0 spiro atoms. The minimum absolute atomic E-state index is 0.00420. The summed E-state index contributed by atoms with van der Waals surface area (Å²) in [6, 6.07) is 4.24. The average molecular weight is 297 g/mol. The van der Waals surface area contributed by atoms with Gasteiger partial charge in [-0.3, -0.25) is 4.79 Å². The van der Waals surface area contributed by atoms with Gasteiger partial charge in [0.1, 0.15) is 11.5 Å². The van der Waals surface area contributed by atoms with Crippen LogP contribution in [0.25, 0.3) is 10.9 Å². The van der Waals surface area contributed by atoms with Crippen LogP contribution in [0.3, 0.4) is 0 Å². The van der Waals surface area contributed by atoms with Gasteiger partial charge < -0.3 is 14.6 Å². The van der Waals surface area contributed by atoms with Gasteiger partial charge in [-0.15, -0.1) is 0 Å². The summed E-state index contributed by atoms with van der Waals surface area (Å²) in [5, 5.41) is 0.791. The predicted molar refractivity (Wildman–Crippen MR) is 74.6 cm³/mol. The van der Waals surface area contributed by atoms with Gasteiger partial charge >= 0.3 is 0 Å². The van der Waals surface area contributed by atoms with Gasteiger partial charge in [0.05, 0.1) is 24.3 Å². The summed E-state index contributed by atoms with van der Waals surface area (Å²) in [6.07, 6.45) is 0. The maximum absolute atomic E-state index is 13.3. The number of nitrogens with one attached hydrogen (secondary N) is 1. The number of hydrogen-bond donors (Lipinski definition) is 1. The molecule has 1 atom stereocenters. The number of amides is 1. The Morgan fingerprint density at radius 3 is 3.10 bits per heavy atom. The average Bonchev–Trinajstić information content (AvgIpc) is 2.76. The molecule has 106 valence electrons. The quantitative estimate of drug-likeness (QED) is 0.879. The number of morpholine rings is 1. The second-order valence-electron chi connectivity index (χ2n) is 4.93. The fourth-order valence-electron chi connectivity index (χ4n) is 2.45. The largest absolute Gasteiger partial charge is 0.377 e. The van der Waals surface area contributed by atoms with Crippen LogP contribution in [0.1, 0.15) is 17.4 Å². The molecule has 1 fully saturated rings. The lowest BCUT2D eigenvalue weighted by Crippen LogP contribution is -2.47. The molecule has 1 N–H and O–H groups in total. The van der Waals surface area contributed by atoms with E-state index in [1.54, 1.807) is 11.0 Å². The Balaban J connectivity index is 2.01. The molecule has 4 nitrogen and oxygen atoms in total. The van der Waals surface area contributed by atoms with E-state index in [2.05, 4.69) is 4.98 Å². The molecular formula is C14H14ClFN2O2. The first-order valence-electron chi connectivity index (χ1n) is 6.43. The molecule has 20 heavy (non-hydrogen) atoms. The number of carbonyl (C=O) groups is 1. The Morgan fingerprint density at radius 1 is 1.55 bits per heavy atom. The third-order valence-electron chi connectivity index (χ3n) is 3.54. The second kappa shape index (κ2) is 5.07. The highest BCUT2D eigenvalue weighted by molar-refractivity contribution is 6.38. The number of aromatic amines is 1. The van der Waals surface area contributed by atoms with Crippen molar-refractivity contribution in [1.82, 2.24) is 9.88 Å². The number of aromatic nitrogens is 1. The molecule has 2 aromatic rings. The summed E-state index contributed by atoms with van der Waals surface area (Å²) in [7, 11) is 0. The normalized spacial score (nSPS) is 19.6. The molecule has 0 radical (unpaired) electrons. The molecule has 1 aromatic heterocycles. The molecule has 1 aromatic carbocycles. The van der Waals surface area contributed by atoms with E-state index in [4.69, 9.17) is 16.3 Å². The molecule has 0 unspecified atom stereocenters. The van der Waals surface area contributed by atoms with Gasteiger partial charge in [-0.2, -0.15) is 0 Å². The Labute approximate surface area is 120 Å². The highest BCUT2D eigenvalue weighted by Crippen LogP contribution is 2.29. The molecule has 0 saturated carbocycles. The number of carbonyl (C=O) groups excluding carboxylic acids is 1. The van der Waals surface area contributed by atoms with Crippen molar-refractivity contribution in [2.45, 2.75) is 13.0 Å². The maximum Gasteiger partial charge on any atom is 0.272 e. The smallest absolute Gasteiger partial charge is 0.272 e. The van der Waals surface area contributed by atoms with Crippen LogP contribution in [0.5, 0.6) is 0 Å². The fraction of sp³-hybridized carbons (Fsp3) is 0.357. The van der Waals surface area contributed by atoms with Crippen molar-refractivity contribution in [2.75, 3.05) is 19.8 Å². The molecule has 1 amide bonds. The van der Waals surface area contributed by atoms with Crippen LogP contribution in [0.2, 0.25) is 5.02 Å². The molecule has 1 aliphatic rings. The van der Waals surface area contributed by atoms with Gasteiger partial charge in [0.2, 0.25) is 0 Å². The lowest BCUT2D eigenvalue weighted by atomic mass is 10.2. The van der Waals surface area contributed by atoms with Crippen molar-refractivity contribution in [3.05, 3.63) is 34.7 Å². The van der Waals surface area contributed by atoms with E-state index in [1.165, 1.54) is 12.1 Å². The Bertz CT molecular complexity index is 670. The van der Waals surface area contributed by atoms with E-state index in [-0.39, 0.29) is 22.8 Å². The molecular weight excluding hydrogens is 283 g/mol. The summed E-state index contributed by atoms with van der Waals surface area (Å²) in [6.45, 7) is 3.48. The van der Waals surface area contributed by atoms with Crippen LogP contribution >= 0.6 is 11.6 Å². The number of H-pyrrole nitrogens is 1. The lowest BCUT2D eigenvalue weighted by molar-refractivity contribution is 0.00333. The zero-order valence-corrected chi connectivity index (χ0v) is 11.7.